The number of ether oxygens (including phenoxy) is 2. The van der Waals surface area contributed by atoms with E-state index in [4.69, 9.17) is 9.47 Å². The molecule has 0 fully saturated rings. The Hall–Kier alpha value is -2.38. The van der Waals surface area contributed by atoms with Crippen LogP contribution in [0.4, 0.5) is 0 Å². The van der Waals surface area contributed by atoms with Gasteiger partial charge in [-0.25, -0.2) is 8.42 Å². The van der Waals surface area contributed by atoms with Crippen molar-refractivity contribution in [3.63, 3.8) is 0 Å². The molecule has 0 unspecified atom stereocenters. The van der Waals surface area contributed by atoms with Gasteiger partial charge in [-0.15, -0.1) is 0 Å². The second-order valence-corrected chi connectivity index (χ2v) is 8.86. The molecule has 2 rings (SSSR count). The zero-order valence-corrected chi connectivity index (χ0v) is 17.5. The number of hydrogen-bond acceptors (Lipinski definition) is 5. The molecule has 0 N–H and O–H groups in total. The lowest BCUT2D eigenvalue weighted by Crippen LogP contribution is -2.54. The fourth-order valence-electron chi connectivity index (χ4n) is 3.04. The third-order valence-corrected chi connectivity index (χ3v) is 6.58. The lowest BCUT2D eigenvalue weighted by Gasteiger charge is -2.35. The summed E-state index contributed by atoms with van der Waals surface area (Å²) in [6.45, 7) is 3.27. The zero-order chi connectivity index (χ0) is 20.8. The van der Waals surface area contributed by atoms with Crippen molar-refractivity contribution in [1.82, 2.24) is 4.31 Å². The number of carbonyl (C=O) groups excluding carboxylic acids is 1. The average Bonchev–Trinajstić information content (AvgIpc) is 2.67. The first kappa shape index (κ1) is 21.9. The molecule has 6 nitrogen and oxygen atoms in total. The number of methoxy groups -OCH3 is 2. The number of rotatable bonds is 9. The van der Waals surface area contributed by atoms with Gasteiger partial charge in [0.15, 0.2) is 0 Å². The summed E-state index contributed by atoms with van der Waals surface area (Å²) in [7, 11) is -0.935. The highest BCUT2D eigenvalue weighted by Gasteiger charge is 2.42. The molecule has 28 heavy (non-hydrogen) atoms. The topological polar surface area (TPSA) is 72.9 Å². The molecule has 2 aromatic carbocycles. The fourth-order valence-corrected chi connectivity index (χ4v) is 4.95. The van der Waals surface area contributed by atoms with E-state index < -0.39 is 21.5 Å². The van der Waals surface area contributed by atoms with Crippen molar-refractivity contribution >= 4 is 16.0 Å². The van der Waals surface area contributed by atoms with Crippen LogP contribution in [0.1, 0.15) is 25.0 Å². The summed E-state index contributed by atoms with van der Waals surface area (Å²) >= 11 is 0. The van der Waals surface area contributed by atoms with Gasteiger partial charge in [0, 0.05) is 6.54 Å². The van der Waals surface area contributed by atoms with Crippen molar-refractivity contribution in [3.8, 4) is 5.75 Å². The SMILES string of the molecule is COC(=O)C(C)(C)N(CCc1cccc(OC)c1)S(=O)(=O)Cc1ccccc1. The van der Waals surface area contributed by atoms with Gasteiger partial charge < -0.3 is 9.47 Å². The van der Waals surface area contributed by atoms with Gasteiger partial charge in [-0.05, 0) is 43.5 Å². The van der Waals surface area contributed by atoms with Crippen LogP contribution in [0.2, 0.25) is 0 Å². The average molecular weight is 406 g/mol. The van der Waals surface area contributed by atoms with Gasteiger partial charge in [0.05, 0.1) is 20.0 Å². The highest BCUT2D eigenvalue weighted by Crippen LogP contribution is 2.24. The van der Waals surface area contributed by atoms with E-state index in [2.05, 4.69) is 0 Å². The van der Waals surface area contributed by atoms with E-state index in [1.807, 2.05) is 30.3 Å². The number of benzene rings is 2. The van der Waals surface area contributed by atoms with Gasteiger partial charge in [-0.3, -0.25) is 4.79 Å². The molecular formula is C21H27NO5S. The molecule has 0 saturated carbocycles. The lowest BCUT2D eigenvalue weighted by atomic mass is 10.1. The zero-order valence-electron chi connectivity index (χ0n) is 16.7. The van der Waals surface area contributed by atoms with Gasteiger partial charge >= 0.3 is 5.97 Å². The molecule has 0 spiro atoms. The Kier molecular flexibility index (Phi) is 7.21. The lowest BCUT2D eigenvalue weighted by molar-refractivity contribution is -0.150. The van der Waals surface area contributed by atoms with E-state index in [0.29, 0.717) is 17.7 Å². The van der Waals surface area contributed by atoms with Crippen molar-refractivity contribution in [1.29, 1.82) is 0 Å². The van der Waals surface area contributed by atoms with Crippen molar-refractivity contribution in [2.45, 2.75) is 31.6 Å². The Balaban J connectivity index is 2.32. The van der Waals surface area contributed by atoms with E-state index in [1.54, 1.807) is 45.2 Å². The molecule has 152 valence electrons. The van der Waals surface area contributed by atoms with Crippen LogP contribution in [0.3, 0.4) is 0 Å². The normalized spacial score (nSPS) is 12.0. The van der Waals surface area contributed by atoms with Crippen LogP contribution < -0.4 is 4.74 Å². The predicted molar refractivity (Wildman–Crippen MR) is 109 cm³/mol. The standard InChI is InChI=1S/C21H27NO5S/c1-21(2,20(23)27-4)22(14-13-17-11-8-12-19(15-17)26-3)28(24,25)16-18-9-6-5-7-10-18/h5-12,15H,13-14,16H2,1-4H3. The quantitative estimate of drug-likeness (QED) is 0.600. The predicted octanol–water partition coefficient (Wildman–Crippen LogP) is 3.02. The first-order valence-corrected chi connectivity index (χ1v) is 10.6. The van der Waals surface area contributed by atoms with E-state index in [1.165, 1.54) is 11.4 Å². The summed E-state index contributed by atoms with van der Waals surface area (Å²) in [5.74, 6) is -0.0926. The minimum Gasteiger partial charge on any atom is -0.497 e. The summed E-state index contributed by atoms with van der Waals surface area (Å²) in [6.07, 6.45) is 0.436. The number of hydrogen-bond donors (Lipinski definition) is 0. The van der Waals surface area contributed by atoms with Gasteiger partial charge in [-0.2, -0.15) is 4.31 Å². The third-order valence-electron chi connectivity index (χ3n) is 4.57. The highest BCUT2D eigenvalue weighted by molar-refractivity contribution is 7.88. The Morgan fingerprint density at radius 1 is 1.00 bits per heavy atom. The van der Waals surface area contributed by atoms with E-state index in [0.717, 1.165) is 5.56 Å². The number of sulfonamides is 1. The summed E-state index contributed by atoms with van der Waals surface area (Å²) in [4.78, 5) is 12.3. The van der Waals surface area contributed by atoms with Gasteiger partial charge in [-0.1, -0.05) is 42.5 Å². The monoisotopic (exact) mass is 405 g/mol. The third kappa shape index (κ3) is 5.33. The molecule has 2 aromatic rings. The smallest absolute Gasteiger partial charge is 0.326 e. The summed E-state index contributed by atoms with van der Waals surface area (Å²) in [6, 6.07) is 16.3. The summed E-state index contributed by atoms with van der Waals surface area (Å²) in [5.41, 5.74) is 0.246. The Bertz CT molecular complexity index is 894. The minimum absolute atomic E-state index is 0.143. The summed E-state index contributed by atoms with van der Waals surface area (Å²) in [5, 5.41) is 0. The fraction of sp³-hybridized carbons (Fsp3) is 0.381. The Morgan fingerprint density at radius 3 is 2.25 bits per heavy atom. The minimum atomic E-state index is -3.77. The van der Waals surface area contributed by atoms with E-state index in [-0.39, 0.29) is 12.3 Å². The Morgan fingerprint density at radius 2 is 1.64 bits per heavy atom. The molecule has 0 bridgehead atoms. The maximum absolute atomic E-state index is 13.2. The molecule has 0 saturated heterocycles. The first-order valence-electron chi connectivity index (χ1n) is 8.96. The van der Waals surface area contributed by atoms with Gasteiger partial charge in [0.25, 0.3) is 0 Å². The van der Waals surface area contributed by atoms with Crippen LogP contribution >= 0.6 is 0 Å². The van der Waals surface area contributed by atoms with Crippen molar-refractivity contribution in [3.05, 3.63) is 65.7 Å². The number of carbonyl (C=O) groups is 1. The van der Waals surface area contributed by atoms with E-state index in [9.17, 15) is 13.2 Å². The molecule has 0 aliphatic heterocycles. The van der Waals surface area contributed by atoms with Crippen LogP contribution in [0.5, 0.6) is 5.75 Å². The van der Waals surface area contributed by atoms with Crippen LogP contribution in [0.25, 0.3) is 0 Å². The summed E-state index contributed by atoms with van der Waals surface area (Å²) < 4.78 is 37.7. The van der Waals surface area contributed by atoms with Crippen LogP contribution in [-0.4, -0.2) is 45.0 Å². The van der Waals surface area contributed by atoms with Crippen molar-refractivity contribution in [2.24, 2.45) is 0 Å². The second kappa shape index (κ2) is 9.21. The van der Waals surface area contributed by atoms with Gasteiger partial charge in [0.1, 0.15) is 11.3 Å². The maximum atomic E-state index is 13.2. The molecular weight excluding hydrogens is 378 g/mol. The van der Waals surface area contributed by atoms with Crippen LogP contribution in [0, 0.1) is 0 Å². The molecule has 0 heterocycles. The molecule has 0 amide bonds. The Labute approximate surface area is 167 Å². The second-order valence-electron chi connectivity index (χ2n) is 6.97. The molecule has 0 aliphatic rings. The molecule has 7 heteroatoms. The van der Waals surface area contributed by atoms with Crippen LogP contribution in [-0.2, 0) is 31.7 Å². The largest absolute Gasteiger partial charge is 0.497 e. The number of nitrogens with zero attached hydrogens (tertiary/aromatic N) is 1. The van der Waals surface area contributed by atoms with Crippen LogP contribution in [0.15, 0.2) is 54.6 Å². The molecule has 0 atom stereocenters. The first-order chi connectivity index (χ1) is 13.2. The maximum Gasteiger partial charge on any atom is 0.326 e. The molecule has 0 aliphatic carbocycles. The van der Waals surface area contributed by atoms with E-state index >= 15 is 0 Å². The van der Waals surface area contributed by atoms with Crippen molar-refractivity contribution < 1.29 is 22.7 Å². The van der Waals surface area contributed by atoms with Gasteiger partial charge in [0.2, 0.25) is 10.0 Å². The highest BCUT2D eigenvalue weighted by atomic mass is 32.2. The molecule has 0 radical (unpaired) electrons. The number of esters is 1. The molecule has 0 aromatic heterocycles. The van der Waals surface area contributed by atoms with Crippen molar-refractivity contribution in [2.75, 3.05) is 20.8 Å².